The maximum absolute atomic E-state index is 12.0. The maximum atomic E-state index is 12.0. The van der Waals surface area contributed by atoms with E-state index in [0.29, 0.717) is 28.0 Å². The van der Waals surface area contributed by atoms with Crippen LogP contribution in [-0.2, 0) is 6.54 Å². The minimum Gasteiger partial charge on any atom is -0.462 e. The fraction of sp³-hybridized carbons (Fsp3) is 0.125. The Balaban J connectivity index is 1.63. The van der Waals surface area contributed by atoms with E-state index in [1.54, 1.807) is 24.5 Å². The number of nitrogens with zero attached hydrogens (tertiary/aromatic N) is 1. The molecule has 0 radical (unpaired) electrons. The van der Waals surface area contributed by atoms with Crippen LogP contribution in [0.3, 0.4) is 0 Å². The van der Waals surface area contributed by atoms with Gasteiger partial charge in [0.25, 0.3) is 0 Å². The van der Waals surface area contributed by atoms with Gasteiger partial charge in [0.1, 0.15) is 0 Å². The zero-order valence-corrected chi connectivity index (χ0v) is 14.9. The molecule has 3 aromatic rings. The van der Waals surface area contributed by atoms with Crippen LogP contribution in [0.25, 0.3) is 10.8 Å². The summed E-state index contributed by atoms with van der Waals surface area (Å²) >= 11 is 13.4. The van der Waals surface area contributed by atoms with Crippen molar-refractivity contribution < 1.29 is 9.21 Å². The summed E-state index contributed by atoms with van der Waals surface area (Å²) in [6.07, 6.45) is 1.60. The molecule has 0 saturated carbocycles. The Morgan fingerprint density at radius 1 is 1.33 bits per heavy atom. The summed E-state index contributed by atoms with van der Waals surface area (Å²) in [5.41, 5.74) is 1.31. The van der Waals surface area contributed by atoms with Crippen LogP contribution in [0.4, 0.5) is 10.5 Å². The van der Waals surface area contributed by atoms with Gasteiger partial charge in [-0.15, -0.1) is 11.3 Å². The number of rotatable bonds is 4. The summed E-state index contributed by atoms with van der Waals surface area (Å²) < 4.78 is 5.34. The molecular formula is C16H13Cl2N3O2S. The van der Waals surface area contributed by atoms with Gasteiger partial charge in [0.2, 0.25) is 0 Å². The largest absolute Gasteiger partial charge is 0.462 e. The highest BCUT2D eigenvalue weighted by molar-refractivity contribution is 7.15. The molecule has 5 nitrogen and oxygen atoms in total. The molecule has 0 atom stereocenters. The van der Waals surface area contributed by atoms with Crippen LogP contribution in [0.1, 0.15) is 10.6 Å². The zero-order valence-electron chi connectivity index (χ0n) is 12.6. The minimum absolute atomic E-state index is 0.355. The fourth-order valence-corrected chi connectivity index (χ4v) is 3.33. The summed E-state index contributed by atoms with van der Waals surface area (Å²) in [6.45, 7) is 2.25. The standard InChI is InChI=1S/C16H13Cl2N3O2S/c1-9-14(24-15(20-9)13-3-2-6-23-13)8-19-16(22)21-12-7-10(17)4-5-11(12)18/h2-7H,8H2,1H3,(H2,19,21,22). The first-order valence-corrected chi connectivity index (χ1v) is 8.60. The lowest BCUT2D eigenvalue weighted by Crippen LogP contribution is -2.28. The maximum Gasteiger partial charge on any atom is 0.319 e. The molecule has 0 bridgehead atoms. The Kier molecular flexibility index (Phi) is 5.08. The van der Waals surface area contributed by atoms with Crippen molar-refractivity contribution in [2.45, 2.75) is 13.5 Å². The van der Waals surface area contributed by atoms with E-state index in [1.807, 2.05) is 19.1 Å². The Hall–Kier alpha value is -2.02. The van der Waals surface area contributed by atoms with Gasteiger partial charge >= 0.3 is 6.03 Å². The summed E-state index contributed by atoms with van der Waals surface area (Å²) in [5.74, 6) is 0.713. The molecule has 0 unspecified atom stereocenters. The van der Waals surface area contributed by atoms with Crippen molar-refractivity contribution in [3.05, 3.63) is 57.2 Å². The third-order valence-corrected chi connectivity index (χ3v) is 4.95. The van der Waals surface area contributed by atoms with Crippen molar-refractivity contribution >= 4 is 46.3 Å². The zero-order chi connectivity index (χ0) is 17.1. The molecule has 24 heavy (non-hydrogen) atoms. The number of aryl methyl sites for hydroxylation is 1. The van der Waals surface area contributed by atoms with E-state index in [0.717, 1.165) is 15.6 Å². The predicted molar refractivity (Wildman–Crippen MR) is 96.9 cm³/mol. The number of furan rings is 1. The number of urea groups is 1. The number of benzene rings is 1. The third kappa shape index (κ3) is 3.90. The molecule has 2 amide bonds. The van der Waals surface area contributed by atoms with E-state index < -0.39 is 0 Å². The number of carbonyl (C=O) groups excluding carboxylic acids is 1. The van der Waals surface area contributed by atoms with E-state index in [-0.39, 0.29) is 6.03 Å². The number of thiazole rings is 1. The van der Waals surface area contributed by atoms with Gasteiger partial charge in [0, 0.05) is 9.90 Å². The van der Waals surface area contributed by atoms with E-state index in [2.05, 4.69) is 15.6 Å². The highest BCUT2D eigenvalue weighted by Crippen LogP contribution is 2.28. The molecule has 8 heteroatoms. The molecule has 2 N–H and O–H groups in total. The molecule has 124 valence electrons. The highest BCUT2D eigenvalue weighted by atomic mass is 35.5. The lowest BCUT2D eigenvalue weighted by atomic mass is 10.3. The lowest BCUT2D eigenvalue weighted by Gasteiger charge is -2.09. The van der Waals surface area contributed by atoms with Crippen LogP contribution in [0.2, 0.25) is 10.0 Å². The SMILES string of the molecule is Cc1nc(-c2ccco2)sc1CNC(=O)Nc1cc(Cl)ccc1Cl. The topological polar surface area (TPSA) is 67.2 Å². The number of hydrogen-bond donors (Lipinski definition) is 2. The second-order valence-corrected chi connectivity index (χ2v) is 6.86. The summed E-state index contributed by atoms with van der Waals surface area (Å²) in [7, 11) is 0. The van der Waals surface area contributed by atoms with Crippen molar-refractivity contribution in [3.8, 4) is 10.8 Å². The van der Waals surface area contributed by atoms with Gasteiger partial charge in [0.05, 0.1) is 29.2 Å². The van der Waals surface area contributed by atoms with Crippen LogP contribution in [-0.4, -0.2) is 11.0 Å². The van der Waals surface area contributed by atoms with E-state index in [1.165, 1.54) is 11.3 Å². The van der Waals surface area contributed by atoms with Crippen molar-refractivity contribution in [1.82, 2.24) is 10.3 Å². The molecule has 0 saturated heterocycles. The average Bonchev–Trinajstić information content (AvgIpc) is 3.18. The van der Waals surface area contributed by atoms with Gasteiger partial charge in [-0.25, -0.2) is 9.78 Å². The van der Waals surface area contributed by atoms with Gasteiger partial charge in [0.15, 0.2) is 10.8 Å². The van der Waals surface area contributed by atoms with Crippen LogP contribution in [0, 0.1) is 6.92 Å². The number of hydrogen-bond acceptors (Lipinski definition) is 4. The normalized spacial score (nSPS) is 10.6. The molecule has 2 heterocycles. The quantitative estimate of drug-likeness (QED) is 0.640. The minimum atomic E-state index is -0.369. The van der Waals surface area contributed by atoms with Crippen LogP contribution in [0.5, 0.6) is 0 Å². The van der Waals surface area contributed by atoms with Crippen LogP contribution in [0.15, 0.2) is 41.0 Å². The molecule has 2 aromatic heterocycles. The van der Waals surface area contributed by atoms with Gasteiger partial charge in [-0.1, -0.05) is 23.2 Å². The summed E-state index contributed by atoms with van der Waals surface area (Å²) in [4.78, 5) is 17.4. The molecular weight excluding hydrogens is 369 g/mol. The number of anilines is 1. The Labute approximate surface area is 152 Å². The predicted octanol–water partition coefficient (Wildman–Crippen LogP) is 5.34. The number of carbonyl (C=O) groups is 1. The number of halogens is 2. The highest BCUT2D eigenvalue weighted by Gasteiger charge is 2.13. The molecule has 0 aliphatic rings. The molecule has 0 aliphatic heterocycles. The average molecular weight is 382 g/mol. The Bertz CT molecular complexity index is 862. The van der Waals surface area contributed by atoms with E-state index in [9.17, 15) is 4.79 Å². The molecule has 0 spiro atoms. The van der Waals surface area contributed by atoms with Crippen LogP contribution >= 0.6 is 34.5 Å². The molecule has 0 fully saturated rings. The first kappa shape index (κ1) is 16.8. The molecule has 0 aliphatic carbocycles. The summed E-state index contributed by atoms with van der Waals surface area (Å²) in [5, 5.41) is 7.16. The van der Waals surface area contributed by atoms with Gasteiger partial charge in [-0.05, 0) is 37.3 Å². The van der Waals surface area contributed by atoms with Crippen LogP contribution < -0.4 is 10.6 Å². The third-order valence-electron chi connectivity index (χ3n) is 3.21. The molecule has 1 aromatic carbocycles. The summed E-state index contributed by atoms with van der Waals surface area (Å²) in [6, 6.07) is 8.17. The van der Waals surface area contributed by atoms with Crippen molar-refractivity contribution in [1.29, 1.82) is 0 Å². The second kappa shape index (κ2) is 7.25. The van der Waals surface area contributed by atoms with Crippen molar-refractivity contribution in [2.75, 3.05) is 5.32 Å². The second-order valence-electron chi connectivity index (χ2n) is 4.94. The lowest BCUT2D eigenvalue weighted by molar-refractivity contribution is 0.252. The smallest absolute Gasteiger partial charge is 0.319 e. The fourth-order valence-electron chi connectivity index (χ4n) is 2.02. The van der Waals surface area contributed by atoms with Gasteiger partial charge in [-0.2, -0.15) is 0 Å². The van der Waals surface area contributed by atoms with Crippen molar-refractivity contribution in [2.24, 2.45) is 0 Å². The monoisotopic (exact) mass is 381 g/mol. The van der Waals surface area contributed by atoms with Crippen molar-refractivity contribution in [3.63, 3.8) is 0 Å². The van der Waals surface area contributed by atoms with Gasteiger partial charge in [-0.3, -0.25) is 0 Å². The molecule has 3 rings (SSSR count). The Morgan fingerprint density at radius 3 is 2.92 bits per heavy atom. The van der Waals surface area contributed by atoms with E-state index in [4.69, 9.17) is 27.6 Å². The number of nitrogens with one attached hydrogen (secondary N) is 2. The number of amides is 2. The van der Waals surface area contributed by atoms with E-state index >= 15 is 0 Å². The number of aromatic nitrogens is 1. The first-order valence-electron chi connectivity index (χ1n) is 7.03. The first-order chi connectivity index (χ1) is 11.5. The Morgan fingerprint density at radius 2 is 2.17 bits per heavy atom. The van der Waals surface area contributed by atoms with Gasteiger partial charge < -0.3 is 15.1 Å².